The van der Waals surface area contributed by atoms with Crippen LogP contribution in [0.5, 0.6) is 0 Å². The van der Waals surface area contributed by atoms with Crippen LogP contribution in [0, 0.1) is 6.92 Å². The smallest absolute Gasteiger partial charge is 0.299 e. The molecule has 0 saturated heterocycles. The van der Waals surface area contributed by atoms with Crippen molar-refractivity contribution in [3.8, 4) is 0 Å². The van der Waals surface area contributed by atoms with Crippen LogP contribution < -0.4 is 0 Å². The van der Waals surface area contributed by atoms with Crippen LogP contribution in [0.3, 0.4) is 0 Å². The van der Waals surface area contributed by atoms with E-state index in [1.807, 2.05) is 0 Å². The number of rotatable bonds is 5. The average molecular weight is 249 g/mol. The molecule has 0 rings (SSSR count). The van der Waals surface area contributed by atoms with Crippen LogP contribution in [0.25, 0.3) is 0 Å². The summed E-state index contributed by atoms with van der Waals surface area (Å²) in [6, 6.07) is 1.25. The molecule has 0 aromatic heterocycles. The summed E-state index contributed by atoms with van der Waals surface area (Å²) < 4.78 is 0. The molecule has 0 spiro atoms. The van der Waals surface area contributed by atoms with Crippen LogP contribution in [0.15, 0.2) is 0 Å². The SMILES string of the molecule is C[CH2][Al]([Cl])[CH2]C.[CH2]CN(C(C)C)C(C)C. The lowest BCUT2D eigenvalue weighted by Gasteiger charge is -2.28. The zero-order valence-corrected chi connectivity index (χ0v) is 13.3. The maximum absolute atomic E-state index is 5.79. The molecule has 0 aliphatic carbocycles. The zero-order chi connectivity index (χ0) is 12.4. The van der Waals surface area contributed by atoms with E-state index >= 15 is 0 Å². The highest BCUT2D eigenvalue weighted by Crippen LogP contribution is 2.02. The molecular weight excluding hydrogens is 221 g/mol. The summed E-state index contributed by atoms with van der Waals surface area (Å²) in [7, 11) is 5.79. The third kappa shape index (κ3) is 11.1. The van der Waals surface area contributed by atoms with Crippen molar-refractivity contribution in [3.05, 3.63) is 6.92 Å². The first-order chi connectivity index (χ1) is 6.90. The molecule has 0 bridgehead atoms. The minimum absolute atomic E-state index is 0.627. The van der Waals surface area contributed by atoms with Crippen molar-refractivity contribution in [1.29, 1.82) is 0 Å². The first-order valence-electron chi connectivity index (χ1n) is 6.09. The van der Waals surface area contributed by atoms with E-state index in [1.54, 1.807) is 0 Å². The molecule has 1 radical (unpaired) electrons. The molecule has 0 aliphatic rings. The Balaban J connectivity index is 0. The molecule has 0 aliphatic heterocycles. The molecule has 0 N–H and O–H groups in total. The molecule has 0 saturated carbocycles. The van der Waals surface area contributed by atoms with Gasteiger partial charge in [-0.1, -0.05) is 24.4 Å². The van der Waals surface area contributed by atoms with E-state index in [2.05, 4.69) is 53.4 Å². The first kappa shape index (κ1) is 18.2. The molecule has 0 aromatic rings. The molecular formula is C12H28AlClN. The Kier molecular flexibility index (Phi) is 13.6. The molecule has 0 aromatic carbocycles. The van der Waals surface area contributed by atoms with Crippen molar-refractivity contribution in [2.24, 2.45) is 0 Å². The Bertz CT molecular complexity index is 117. The van der Waals surface area contributed by atoms with Gasteiger partial charge in [-0.15, -0.1) is 0 Å². The minimum Gasteiger partial charge on any atom is -0.299 e. The number of halogens is 1. The lowest BCUT2D eigenvalue weighted by molar-refractivity contribution is 0.195. The fraction of sp³-hybridized carbons (Fsp3) is 0.917. The van der Waals surface area contributed by atoms with Gasteiger partial charge in [-0.2, -0.15) is 0 Å². The van der Waals surface area contributed by atoms with Gasteiger partial charge in [0.1, 0.15) is 0 Å². The van der Waals surface area contributed by atoms with Crippen LogP contribution >= 0.6 is 10.0 Å². The highest BCUT2D eigenvalue weighted by Gasteiger charge is 2.09. The summed E-state index contributed by atoms with van der Waals surface area (Å²) in [6.07, 6.45) is 0. The van der Waals surface area contributed by atoms with Crippen molar-refractivity contribution in [2.45, 2.75) is 64.2 Å². The third-order valence-corrected chi connectivity index (χ3v) is 6.09. The van der Waals surface area contributed by atoms with E-state index in [-0.39, 0.29) is 0 Å². The van der Waals surface area contributed by atoms with Gasteiger partial charge in [0.15, 0.2) is 0 Å². The van der Waals surface area contributed by atoms with Gasteiger partial charge < -0.3 is 0 Å². The lowest BCUT2D eigenvalue weighted by Crippen LogP contribution is -2.36. The van der Waals surface area contributed by atoms with Gasteiger partial charge >= 0.3 is 13.2 Å². The third-order valence-electron chi connectivity index (χ3n) is 2.47. The highest BCUT2D eigenvalue weighted by atomic mass is 35.6. The quantitative estimate of drug-likeness (QED) is 0.660. The van der Waals surface area contributed by atoms with E-state index < -0.39 is 13.2 Å². The second-order valence-corrected chi connectivity index (χ2v) is 9.02. The van der Waals surface area contributed by atoms with Crippen molar-refractivity contribution < 1.29 is 0 Å². The summed E-state index contributed by atoms with van der Waals surface area (Å²) in [5.74, 6) is 0. The Morgan fingerprint density at radius 1 is 1.07 bits per heavy atom. The van der Waals surface area contributed by atoms with E-state index in [0.717, 1.165) is 6.54 Å². The summed E-state index contributed by atoms with van der Waals surface area (Å²) in [5, 5.41) is 2.47. The van der Waals surface area contributed by atoms with Gasteiger partial charge in [0.2, 0.25) is 0 Å². The van der Waals surface area contributed by atoms with Gasteiger partial charge in [-0.3, -0.25) is 14.9 Å². The van der Waals surface area contributed by atoms with Crippen molar-refractivity contribution in [3.63, 3.8) is 0 Å². The van der Waals surface area contributed by atoms with Crippen molar-refractivity contribution >= 4 is 23.3 Å². The van der Waals surface area contributed by atoms with E-state index in [4.69, 9.17) is 10.0 Å². The predicted octanol–water partition coefficient (Wildman–Crippen LogP) is 4.20. The second kappa shape index (κ2) is 11.3. The normalized spacial score (nSPS) is 10.6. The van der Waals surface area contributed by atoms with E-state index in [0.29, 0.717) is 12.1 Å². The van der Waals surface area contributed by atoms with Gasteiger partial charge in [-0.05, 0) is 41.2 Å². The van der Waals surface area contributed by atoms with Gasteiger partial charge in [0, 0.05) is 12.1 Å². The van der Waals surface area contributed by atoms with Crippen molar-refractivity contribution in [2.75, 3.05) is 6.54 Å². The Morgan fingerprint density at radius 3 is 1.40 bits per heavy atom. The highest BCUT2D eigenvalue weighted by molar-refractivity contribution is 7.06. The maximum Gasteiger partial charge on any atom is 0.399 e. The molecule has 0 fully saturated rings. The minimum atomic E-state index is -0.688. The molecule has 3 heteroatoms. The van der Waals surface area contributed by atoms with E-state index in [9.17, 15) is 0 Å². The summed E-state index contributed by atoms with van der Waals surface area (Å²) in [4.78, 5) is 2.35. The van der Waals surface area contributed by atoms with Gasteiger partial charge in [0.05, 0.1) is 0 Å². The molecule has 1 nitrogen and oxygen atoms in total. The summed E-state index contributed by atoms with van der Waals surface area (Å²) >= 11 is -0.688. The molecule has 0 unspecified atom stereocenters. The molecule has 0 amide bonds. The first-order valence-corrected chi connectivity index (χ1v) is 9.47. The van der Waals surface area contributed by atoms with Crippen LogP contribution in [0.1, 0.15) is 41.5 Å². The van der Waals surface area contributed by atoms with Crippen molar-refractivity contribution in [1.82, 2.24) is 4.90 Å². The Labute approximate surface area is 106 Å². The maximum atomic E-state index is 5.79. The molecule has 0 atom stereocenters. The zero-order valence-electron chi connectivity index (χ0n) is 11.4. The standard InChI is InChI=1S/C8H18N.2C2H5.Al.ClH/c1-6-9(7(2)3)8(4)5;2*1-2;;/h7-8H,1,6H2,2-5H3;2*1H2,2H3;;1H/q;;;+1;/p-1. The Hall–Kier alpha value is 0.782. The van der Waals surface area contributed by atoms with E-state index in [1.165, 1.54) is 10.6 Å². The fourth-order valence-electron chi connectivity index (χ4n) is 1.40. The largest absolute Gasteiger partial charge is 0.399 e. The number of hydrogen-bond acceptors (Lipinski definition) is 1. The van der Waals surface area contributed by atoms with Crippen LogP contribution in [-0.2, 0) is 0 Å². The molecule has 91 valence electrons. The average Bonchev–Trinajstić information content (AvgIpc) is 2.17. The van der Waals surface area contributed by atoms with Crippen LogP contribution in [0.2, 0.25) is 10.6 Å². The summed E-state index contributed by atoms with van der Waals surface area (Å²) in [5.41, 5.74) is 0. The monoisotopic (exact) mass is 248 g/mol. The topological polar surface area (TPSA) is 3.24 Å². The second-order valence-electron chi connectivity index (χ2n) is 4.34. The predicted molar refractivity (Wildman–Crippen MR) is 74.9 cm³/mol. The lowest BCUT2D eigenvalue weighted by atomic mass is 10.2. The van der Waals surface area contributed by atoms with Crippen LogP contribution in [-0.4, -0.2) is 36.8 Å². The fourth-order valence-corrected chi connectivity index (χ4v) is 1.98. The molecule has 0 heterocycles. The Morgan fingerprint density at radius 2 is 1.40 bits per heavy atom. The number of hydrogen-bond donors (Lipinski definition) is 0. The van der Waals surface area contributed by atoms with Gasteiger partial charge in [0.25, 0.3) is 0 Å². The summed E-state index contributed by atoms with van der Waals surface area (Å²) in [6.45, 7) is 17.9. The number of nitrogens with zero attached hydrogens (tertiary/aromatic N) is 1. The van der Waals surface area contributed by atoms with Gasteiger partial charge in [-0.25, -0.2) is 0 Å². The van der Waals surface area contributed by atoms with Crippen LogP contribution in [0.4, 0.5) is 0 Å². The molecule has 15 heavy (non-hydrogen) atoms.